The summed E-state index contributed by atoms with van der Waals surface area (Å²) in [6.07, 6.45) is 0.336. The molecule has 0 fully saturated rings. The molecule has 0 saturated heterocycles. The molecule has 2 aromatic carbocycles. The Morgan fingerprint density at radius 1 is 1.24 bits per heavy atom. The molecule has 2 rings (SSSR count). The zero-order chi connectivity index (χ0) is 15.2. The van der Waals surface area contributed by atoms with E-state index < -0.39 is 0 Å². The number of nitrogens with one attached hydrogen (secondary N) is 1. The Morgan fingerprint density at radius 2 is 1.95 bits per heavy atom. The minimum atomic E-state index is -0.259. The average Bonchev–Trinajstić information content (AvgIpc) is 2.49. The smallest absolute Gasteiger partial charge is 0.310 e. The molecule has 0 heterocycles. The minimum Gasteiger partial charge on any atom is -0.426 e. The predicted molar refractivity (Wildman–Crippen MR) is 85.9 cm³/mol. The second-order valence-electron chi connectivity index (χ2n) is 4.74. The van der Waals surface area contributed by atoms with Gasteiger partial charge in [0.1, 0.15) is 5.75 Å². The lowest BCUT2D eigenvalue weighted by Crippen LogP contribution is -2.12. The first-order valence-corrected chi connectivity index (χ1v) is 7.29. The van der Waals surface area contributed by atoms with Crippen LogP contribution in [-0.4, -0.2) is 5.97 Å². The van der Waals surface area contributed by atoms with E-state index in [9.17, 15) is 4.79 Å². The number of esters is 1. The van der Waals surface area contributed by atoms with Crippen LogP contribution in [0.15, 0.2) is 48.5 Å². The van der Waals surface area contributed by atoms with Crippen LogP contribution in [0.5, 0.6) is 5.75 Å². The molecule has 1 unspecified atom stereocenters. The van der Waals surface area contributed by atoms with Crippen molar-refractivity contribution >= 4 is 23.3 Å². The van der Waals surface area contributed by atoms with Crippen molar-refractivity contribution in [3.8, 4) is 5.75 Å². The van der Waals surface area contributed by atoms with Crippen molar-refractivity contribution in [3.63, 3.8) is 0 Å². The van der Waals surface area contributed by atoms with E-state index >= 15 is 0 Å². The summed E-state index contributed by atoms with van der Waals surface area (Å²) in [7, 11) is 0. The Hall–Kier alpha value is -2.00. The summed E-state index contributed by atoms with van der Waals surface area (Å²) in [5.74, 6) is 0.285. The van der Waals surface area contributed by atoms with E-state index in [1.165, 1.54) is 0 Å². The van der Waals surface area contributed by atoms with Crippen LogP contribution in [-0.2, 0) is 4.79 Å². The van der Waals surface area contributed by atoms with E-state index in [4.69, 9.17) is 16.3 Å². The summed E-state index contributed by atoms with van der Waals surface area (Å²) in [5, 5.41) is 3.98. The van der Waals surface area contributed by atoms with E-state index in [2.05, 4.69) is 5.32 Å². The zero-order valence-corrected chi connectivity index (χ0v) is 12.9. The molecule has 110 valence electrons. The van der Waals surface area contributed by atoms with Crippen LogP contribution in [0, 0.1) is 0 Å². The van der Waals surface area contributed by atoms with Crippen LogP contribution in [0.3, 0.4) is 0 Å². The Morgan fingerprint density at radius 3 is 2.62 bits per heavy atom. The maximum Gasteiger partial charge on any atom is 0.310 e. The van der Waals surface area contributed by atoms with Crippen molar-refractivity contribution < 1.29 is 9.53 Å². The fourth-order valence-corrected chi connectivity index (χ4v) is 2.19. The number of anilines is 1. The molecule has 0 radical (unpaired) electrons. The summed E-state index contributed by atoms with van der Waals surface area (Å²) >= 11 is 6.07. The van der Waals surface area contributed by atoms with Crippen LogP contribution >= 0.6 is 11.6 Å². The van der Waals surface area contributed by atoms with E-state index in [1.807, 2.05) is 43.3 Å². The van der Waals surface area contributed by atoms with Gasteiger partial charge in [-0.3, -0.25) is 4.79 Å². The normalized spacial score (nSPS) is 11.8. The molecular formula is C17H18ClNO2. The van der Waals surface area contributed by atoms with E-state index in [-0.39, 0.29) is 12.0 Å². The Kier molecular flexibility index (Phi) is 5.23. The first-order valence-electron chi connectivity index (χ1n) is 6.92. The molecular weight excluding hydrogens is 286 g/mol. The van der Waals surface area contributed by atoms with Crippen molar-refractivity contribution in [1.82, 2.24) is 0 Å². The van der Waals surface area contributed by atoms with Gasteiger partial charge in [0.05, 0.1) is 6.04 Å². The molecule has 0 aliphatic rings. The molecule has 0 bridgehead atoms. The number of carbonyl (C=O) groups excluding carboxylic acids is 1. The summed E-state index contributed by atoms with van der Waals surface area (Å²) in [6.45, 7) is 3.77. The van der Waals surface area contributed by atoms with E-state index in [0.29, 0.717) is 17.2 Å². The topological polar surface area (TPSA) is 38.3 Å². The molecule has 1 N–H and O–H groups in total. The standard InChI is InChI=1S/C17H18ClNO2/c1-3-17(20)21-16-10-9-13(18)11-15(16)12(2)19-14-7-5-4-6-8-14/h4-12,19H,3H2,1-2H3. The van der Waals surface area contributed by atoms with Gasteiger partial charge in [-0.1, -0.05) is 36.7 Å². The molecule has 2 aromatic rings. The highest BCUT2D eigenvalue weighted by atomic mass is 35.5. The number of hydrogen-bond donors (Lipinski definition) is 1. The quantitative estimate of drug-likeness (QED) is 0.635. The number of benzene rings is 2. The third-order valence-electron chi connectivity index (χ3n) is 3.11. The number of carbonyl (C=O) groups is 1. The van der Waals surface area contributed by atoms with Gasteiger partial charge in [0.2, 0.25) is 0 Å². The first-order chi connectivity index (χ1) is 10.1. The Labute approximate surface area is 129 Å². The Balaban J connectivity index is 2.24. The van der Waals surface area contributed by atoms with Crippen LogP contribution in [0.1, 0.15) is 31.9 Å². The fourth-order valence-electron chi connectivity index (χ4n) is 2.01. The molecule has 0 spiro atoms. The van der Waals surface area contributed by atoms with Gasteiger partial charge in [-0.05, 0) is 37.3 Å². The SMILES string of the molecule is CCC(=O)Oc1ccc(Cl)cc1C(C)Nc1ccccc1. The lowest BCUT2D eigenvalue weighted by atomic mass is 10.1. The molecule has 0 saturated carbocycles. The summed E-state index contributed by atoms with van der Waals surface area (Å²) in [4.78, 5) is 11.5. The minimum absolute atomic E-state index is 0.0363. The molecule has 0 aromatic heterocycles. The maximum absolute atomic E-state index is 11.5. The molecule has 4 heteroatoms. The van der Waals surface area contributed by atoms with Crippen molar-refractivity contribution in [2.75, 3.05) is 5.32 Å². The van der Waals surface area contributed by atoms with Crippen LogP contribution < -0.4 is 10.1 Å². The lowest BCUT2D eigenvalue weighted by molar-refractivity contribution is -0.134. The van der Waals surface area contributed by atoms with Crippen LogP contribution in [0.25, 0.3) is 0 Å². The van der Waals surface area contributed by atoms with Gasteiger partial charge in [-0.25, -0.2) is 0 Å². The predicted octanol–water partition coefficient (Wildman–Crippen LogP) is 4.83. The molecule has 0 aliphatic heterocycles. The summed E-state index contributed by atoms with van der Waals surface area (Å²) < 4.78 is 5.37. The molecule has 21 heavy (non-hydrogen) atoms. The van der Waals surface area contributed by atoms with E-state index in [0.717, 1.165) is 11.3 Å². The van der Waals surface area contributed by atoms with Crippen molar-refractivity contribution in [1.29, 1.82) is 0 Å². The van der Waals surface area contributed by atoms with Gasteiger partial charge in [-0.15, -0.1) is 0 Å². The van der Waals surface area contributed by atoms with Crippen LogP contribution in [0.2, 0.25) is 5.02 Å². The second kappa shape index (κ2) is 7.14. The monoisotopic (exact) mass is 303 g/mol. The number of para-hydroxylation sites is 1. The number of hydrogen-bond acceptors (Lipinski definition) is 3. The largest absolute Gasteiger partial charge is 0.426 e. The van der Waals surface area contributed by atoms with Gasteiger partial charge in [0.25, 0.3) is 0 Å². The third-order valence-corrected chi connectivity index (χ3v) is 3.34. The van der Waals surface area contributed by atoms with E-state index in [1.54, 1.807) is 19.1 Å². The number of rotatable bonds is 5. The van der Waals surface area contributed by atoms with Crippen LogP contribution in [0.4, 0.5) is 5.69 Å². The highest BCUT2D eigenvalue weighted by molar-refractivity contribution is 6.30. The van der Waals surface area contributed by atoms with Gasteiger partial charge in [0, 0.05) is 22.7 Å². The molecule has 3 nitrogen and oxygen atoms in total. The molecule has 1 atom stereocenters. The molecule has 0 amide bonds. The highest BCUT2D eigenvalue weighted by Crippen LogP contribution is 2.30. The number of halogens is 1. The second-order valence-corrected chi connectivity index (χ2v) is 5.18. The summed E-state index contributed by atoms with van der Waals surface area (Å²) in [5.41, 5.74) is 1.85. The fraction of sp³-hybridized carbons (Fsp3) is 0.235. The zero-order valence-electron chi connectivity index (χ0n) is 12.1. The van der Waals surface area contributed by atoms with Crippen molar-refractivity contribution in [2.24, 2.45) is 0 Å². The first kappa shape index (κ1) is 15.4. The number of ether oxygens (including phenoxy) is 1. The average molecular weight is 304 g/mol. The van der Waals surface area contributed by atoms with Crippen molar-refractivity contribution in [2.45, 2.75) is 26.3 Å². The lowest BCUT2D eigenvalue weighted by Gasteiger charge is -2.19. The Bertz CT molecular complexity index is 613. The third kappa shape index (κ3) is 4.23. The summed E-state index contributed by atoms with van der Waals surface area (Å²) in [6, 6.07) is 15.1. The molecule has 0 aliphatic carbocycles. The van der Waals surface area contributed by atoms with Crippen molar-refractivity contribution in [3.05, 3.63) is 59.1 Å². The van der Waals surface area contributed by atoms with Gasteiger partial charge < -0.3 is 10.1 Å². The maximum atomic E-state index is 11.5. The van der Waals surface area contributed by atoms with Gasteiger partial charge in [0.15, 0.2) is 0 Å². The van der Waals surface area contributed by atoms with Gasteiger partial charge >= 0.3 is 5.97 Å². The van der Waals surface area contributed by atoms with Gasteiger partial charge in [-0.2, -0.15) is 0 Å². The highest BCUT2D eigenvalue weighted by Gasteiger charge is 2.14.